The third-order valence-electron chi connectivity index (χ3n) is 3.96. The van der Waals surface area contributed by atoms with Gasteiger partial charge in [-0.3, -0.25) is 0 Å². The summed E-state index contributed by atoms with van der Waals surface area (Å²) in [5.74, 6) is 1.95. The zero-order valence-electron chi connectivity index (χ0n) is 14.8. The minimum absolute atomic E-state index is 0. The monoisotopic (exact) mass is 431 g/mol. The minimum atomic E-state index is 0. The summed E-state index contributed by atoms with van der Waals surface area (Å²) in [5.41, 5.74) is 1.19. The maximum Gasteiger partial charge on any atom is 0.195 e. The molecule has 1 aromatic rings. The number of nitrogens with zero attached hydrogens (tertiary/aromatic N) is 3. The summed E-state index contributed by atoms with van der Waals surface area (Å²) < 4.78 is 6.13. The summed E-state index contributed by atoms with van der Waals surface area (Å²) in [4.78, 5) is 8.75. The standard InChI is InChI=1S/C18H29N3O.HI/c1-20(2)18(21(3)4)19-14-15-9-8-12-17(13-15)22-16-10-6-5-7-11-16;/h8-9,12-13,16H,5-7,10-11,14H2,1-4H3;1H. The molecule has 0 unspecified atom stereocenters. The Hall–Kier alpha value is -0.980. The van der Waals surface area contributed by atoms with Gasteiger partial charge < -0.3 is 14.5 Å². The first-order valence-corrected chi connectivity index (χ1v) is 8.21. The Morgan fingerprint density at radius 1 is 1.09 bits per heavy atom. The fourth-order valence-corrected chi connectivity index (χ4v) is 2.94. The zero-order valence-corrected chi connectivity index (χ0v) is 17.1. The smallest absolute Gasteiger partial charge is 0.195 e. The van der Waals surface area contributed by atoms with Gasteiger partial charge in [0, 0.05) is 28.2 Å². The molecule has 0 heterocycles. The van der Waals surface area contributed by atoms with Crippen LogP contribution in [0.2, 0.25) is 0 Å². The van der Waals surface area contributed by atoms with E-state index in [2.05, 4.69) is 24.3 Å². The van der Waals surface area contributed by atoms with Gasteiger partial charge in [-0.1, -0.05) is 18.6 Å². The van der Waals surface area contributed by atoms with E-state index in [1.165, 1.54) is 37.7 Å². The van der Waals surface area contributed by atoms with Crippen molar-refractivity contribution in [2.75, 3.05) is 28.2 Å². The van der Waals surface area contributed by atoms with Crippen LogP contribution in [0.4, 0.5) is 0 Å². The Labute approximate surface area is 157 Å². The van der Waals surface area contributed by atoms with Gasteiger partial charge in [-0.15, -0.1) is 24.0 Å². The normalized spacial score (nSPS) is 14.6. The summed E-state index contributed by atoms with van der Waals surface area (Å²) in [7, 11) is 8.06. The van der Waals surface area contributed by atoms with E-state index in [1.807, 2.05) is 38.0 Å². The van der Waals surface area contributed by atoms with Gasteiger partial charge in [-0.2, -0.15) is 0 Å². The van der Waals surface area contributed by atoms with Gasteiger partial charge in [0.25, 0.3) is 0 Å². The van der Waals surface area contributed by atoms with Gasteiger partial charge in [-0.05, 0) is 43.4 Å². The van der Waals surface area contributed by atoms with E-state index >= 15 is 0 Å². The Bertz CT molecular complexity index is 487. The van der Waals surface area contributed by atoms with Crippen molar-refractivity contribution in [1.82, 2.24) is 9.80 Å². The number of benzene rings is 1. The van der Waals surface area contributed by atoms with Crippen molar-refractivity contribution in [3.05, 3.63) is 29.8 Å². The lowest BCUT2D eigenvalue weighted by molar-refractivity contribution is 0.155. The van der Waals surface area contributed by atoms with Crippen molar-refractivity contribution in [3.8, 4) is 5.75 Å². The number of aliphatic imine (C=N–C) groups is 1. The van der Waals surface area contributed by atoms with Crippen LogP contribution in [0.25, 0.3) is 0 Å². The highest BCUT2D eigenvalue weighted by atomic mass is 127. The SMILES string of the molecule is CN(C)C(=NCc1cccc(OC2CCCCC2)c1)N(C)C.I. The highest BCUT2D eigenvalue weighted by Crippen LogP contribution is 2.24. The summed E-state index contributed by atoms with van der Waals surface area (Å²) in [6.45, 7) is 0.674. The average molecular weight is 431 g/mol. The summed E-state index contributed by atoms with van der Waals surface area (Å²) >= 11 is 0. The zero-order chi connectivity index (χ0) is 15.9. The van der Waals surface area contributed by atoms with Crippen LogP contribution in [0.5, 0.6) is 5.75 Å². The van der Waals surface area contributed by atoms with Crippen molar-refractivity contribution in [1.29, 1.82) is 0 Å². The van der Waals surface area contributed by atoms with Crippen molar-refractivity contribution >= 4 is 29.9 Å². The molecule has 130 valence electrons. The molecule has 0 spiro atoms. The summed E-state index contributed by atoms with van der Waals surface area (Å²) in [5, 5.41) is 0. The lowest BCUT2D eigenvalue weighted by Crippen LogP contribution is -2.35. The van der Waals surface area contributed by atoms with Crippen molar-refractivity contribution in [3.63, 3.8) is 0 Å². The van der Waals surface area contributed by atoms with E-state index in [9.17, 15) is 0 Å². The molecule has 0 radical (unpaired) electrons. The van der Waals surface area contributed by atoms with Crippen LogP contribution in [0.3, 0.4) is 0 Å². The summed E-state index contributed by atoms with van der Waals surface area (Å²) in [6.07, 6.45) is 6.72. The molecule has 1 fully saturated rings. The van der Waals surface area contributed by atoms with Gasteiger partial charge in [0.05, 0.1) is 12.6 Å². The van der Waals surface area contributed by atoms with Crippen LogP contribution in [0.1, 0.15) is 37.7 Å². The van der Waals surface area contributed by atoms with Crippen LogP contribution in [-0.4, -0.2) is 50.1 Å². The van der Waals surface area contributed by atoms with E-state index in [0.717, 1.165) is 11.7 Å². The van der Waals surface area contributed by atoms with Crippen LogP contribution >= 0.6 is 24.0 Å². The molecule has 0 aromatic heterocycles. The fraction of sp³-hybridized carbons (Fsp3) is 0.611. The second-order valence-electron chi connectivity index (χ2n) is 6.43. The molecule has 23 heavy (non-hydrogen) atoms. The Morgan fingerprint density at radius 2 is 1.74 bits per heavy atom. The van der Waals surface area contributed by atoms with Gasteiger partial charge in [0.2, 0.25) is 0 Å². The van der Waals surface area contributed by atoms with E-state index in [4.69, 9.17) is 9.73 Å². The average Bonchev–Trinajstić information content (AvgIpc) is 2.48. The first kappa shape index (κ1) is 20.1. The van der Waals surface area contributed by atoms with Crippen molar-refractivity contribution in [2.45, 2.75) is 44.8 Å². The molecule has 1 saturated carbocycles. The molecule has 0 amide bonds. The van der Waals surface area contributed by atoms with Gasteiger partial charge >= 0.3 is 0 Å². The molecule has 0 N–H and O–H groups in total. The summed E-state index contributed by atoms with van der Waals surface area (Å²) in [6, 6.07) is 8.36. The maximum absolute atomic E-state index is 6.13. The van der Waals surface area contributed by atoms with Gasteiger partial charge in [-0.25, -0.2) is 4.99 Å². The molecule has 2 rings (SSSR count). The number of hydrogen-bond donors (Lipinski definition) is 0. The molecular formula is C18H30IN3O. The Kier molecular flexibility index (Phi) is 8.73. The molecule has 0 saturated heterocycles. The Balaban J connectivity index is 0.00000264. The van der Waals surface area contributed by atoms with Crippen molar-refractivity contribution in [2.24, 2.45) is 4.99 Å². The molecule has 1 aliphatic carbocycles. The maximum atomic E-state index is 6.13. The largest absolute Gasteiger partial charge is 0.490 e. The third-order valence-corrected chi connectivity index (χ3v) is 3.96. The molecule has 0 aliphatic heterocycles. The van der Waals surface area contributed by atoms with E-state index in [0.29, 0.717) is 12.6 Å². The van der Waals surface area contributed by atoms with Crippen LogP contribution < -0.4 is 4.74 Å². The molecule has 0 atom stereocenters. The second kappa shape index (κ2) is 10.0. The van der Waals surface area contributed by atoms with Gasteiger partial charge in [0.1, 0.15) is 5.75 Å². The van der Waals surface area contributed by atoms with Crippen molar-refractivity contribution < 1.29 is 4.74 Å². The van der Waals surface area contributed by atoms with E-state index in [1.54, 1.807) is 0 Å². The number of halogens is 1. The highest BCUT2D eigenvalue weighted by Gasteiger charge is 2.14. The Morgan fingerprint density at radius 3 is 2.35 bits per heavy atom. The van der Waals surface area contributed by atoms with Crippen LogP contribution in [0, 0.1) is 0 Å². The highest BCUT2D eigenvalue weighted by molar-refractivity contribution is 14.0. The lowest BCUT2D eigenvalue weighted by Gasteiger charge is -2.23. The molecule has 1 aromatic carbocycles. The third kappa shape index (κ3) is 6.57. The molecule has 0 bridgehead atoms. The number of guanidine groups is 1. The molecular weight excluding hydrogens is 401 g/mol. The van der Waals surface area contributed by atoms with Gasteiger partial charge in [0.15, 0.2) is 5.96 Å². The lowest BCUT2D eigenvalue weighted by atomic mass is 9.98. The number of rotatable bonds is 4. The minimum Gasteiger partial charge on any atom is -0.490 e. The topological polar surface area (TPSA) is 28.1 Å². The number of ether oxygens (including phenoxy) is 1. The van der Waals surface area contributed by atoms with Crippen LogP contribution in [-0.2, 0) is 6.54 Å². The first-order chi connectivity index (χ1) is 10.6. The van der Waals surface area contributed by atoms with Crippen LogP contribution in [0.15, 0.2) is 29.3 Å². The fourth-order valence-electron chi connectivity index (χ4n) is 2.94. The predicted molar refractivity (Wildman–Crippen MR) is 108 cm³/mol. The van der Waals surface area contributed by atoms with E-state index < -0.39 is 0 Å². The second-order valence-corrected chi connectivity index (χ2v) is 6.43. The number of hydrogen-bond acceptors (Lipinski definition) is 2. The molecule has 4 nitrogen and oxygen atoms in total. The first-order valence-electron chi connectivity index (χ1n) is 8.21. The molecule has 1 aliphatic rings. The van der Waals surface area contributed by atoms with E-state index in [-0.39, 0.29) is 24.0 Å². The predicted octanol–water partition coefficient (Wildman–Crippen LogP) is 4.00. The molecule has 5 heteroatoms. The quantitative estimate of drug-likeness (QED) is 0.410.